The van der Waals surface area contributed by atoms with E-state index in [4.69, 9.17) is 4.74 Å². The molecule has 3 aromatic heterocycles. The third kappa shape index (κ3) is 4.47. The number of anilines is 1. The molecule has 186 valence electrons. The van der Waals surface area contributed by atoms with E-state index in [2.05, 4.69) is 20.5 Å². The van der Waals surface area contributed by atoms with Crippen molar-refractivity contribution in [2.24, 2.45) is 0 Å². The maximum atomic E-state index is 13.4. The molecule has 3 heterocycles. The first-order chi connectivity index (χ1) is 17.9. The molecule has 0 aliphatic heterocycles. The number of hydrogen-bond acceptors (Lipinski definition) is 7. The molecule has 0 bridgehead atoms. The minimum Gasteiger partial charge on any atom is -0.436 e. The van der Waals surface area contributed by atoms with Gasteiger partial charge in [0.15, 0.2) is 0 Å². The van der Waals surface area contributed by atoms with Gasteiger partial charge in [-0.3, -0.25) is 18.6 Å². The van der Waals surface area contributed by atoms with Gasteiger partial charge in [0, 0.05) is 30.8 Å². The molecule has 0 saturated heterocycles. The van der Waals surface area contributed by atoms with E-state index in [9.17, 15) is 18.8 Å². The summed E-state index contributed by atoms with van der Waals surface area (Å²) in [5.74, 6) is 0.175. The minimum absolute atomic E-state index is 0.154. The second-order valence-electron chi connectivity index (χ2n) is 7.98. The Labute approximate surface area is 208 Å². The summed E-state index contributed by atoms with van der Waals surface area (Å²) in [7, 11) is 0. The number of fused-ring (bicyclic) bond motifs is 1. The summed E-state index contributed by atoms with van der Waals surface area (Å²) in [5, 5.41) is 10.7. The summed E-state index contributed by atoms with van der Waals surface area (Å²) < 4.78 is 23.0. The number of rotatable bonds is 6. The Kier molecular flexibility index (Phi) is 6.05. The van der Waals surface area contributed by atoms with Crippen LogP contribution in [0.5, 0.6) is 11.6 Å². The van der Waals surface area contributed by atoms with Crippen LogP contribution in [0.2, 0.25) is 0 Å². The molecule has 1 amide bonds. The SMILES string of the molecule is CCn1cc(C(=O)Nc2ccc(Oc3nccn4c(C)nnc34)cc2)c(=O)n(-c2ccc(F)cc2)c1=O. The first kappa shape index (κ1) is 23.6. The third-order valence-corrected chi connectivity index (χ3v) is 5.62. The maximum Gasteiger partial charge on any atom is 0.335 e. The lowest BCUT2D eigenvalue weighted by atomic mass is 10.2. The van der Waals surface area contributed by atoms with Crippen LogP contribution in [0.1, 0.15) is 23.1 Å². The molecule has 11 nitrogen and oxygen atoms in total. The number of aromatic nitrogens is 6. The van der Waals surface area contributed by atoms with Crippen LogP contribution in [-0.2, 0) is 6.54 Å². The number of nitrogens with zero attached hydrogens (tertiary/aromatic N) is 6. The van der Waals surface area contributed by atoms with Crippen LogP contribution in [0.15, 0.2) is 76.7 Å². The molecule has 0 saturated carbocycles. The number of benzene rings is 2. The van der Waals surface area contributed by atoms with Crippen molar-refractivity contribution in [3.8, 4) is 17.3 Å². The maximum absolute atomic E-state index is 13.4. The van der Waals surface area contributed by atoms with Gasteiger partial charge >= 0.3 is 5.69 Å². The molecule has 0 atom stereocenters. The topological polar surface area (TPSA) is 125 Å². The molecule has 0 aliphatic carbocycles. The number of carbonyl (C=O) groups excluding carboxylic acids is 1. The Morgan fingerprint density at radius 1 is 1.05 bits per heavy atom. The smallest absolute Gasteiger partial charge is 0.335 e. The zero-order chi connectivity index (χ0) is 26.1. The molecular formula is C25H20FN7O4. The van der Waals surface area contributed by atoms with E-state index in [-0.39, 0.29) is 23.7 Å². The van der Waals surface area contributed by atoms with Gasteiger partial charge in [-0.25, -0.2) is 18.7 Å². The van der Waals surface area contributed by atoms with E-state index in [1.54, 1.807) is 48.0 Å². The van der Waals surface area contributed by atoms with E-state index >= 15 is 0 Å². The standard InChI is InChI=1S/C25H20FN7O4/c1-3-31-14-20(24(35)33(25(31)36)18-8-4-16(26)5-9-18)22(34)28-17-6-10-19(11-7-17)37-23-21-30-29-15(2)32(21)13-12-27-23/h4-14H,3H2,1-2H3,(H,28,34). The summed E-state index contributed by atoms with van der Waals surface area (Å²) in [4.78, 5) is 43.1. The van der Waals surface area contributed by atoms with E-state index in [1.807, 2.05) is 6.92 Å². The lowest BCUT2D eigenvalue weighted by molar-refractivity contribution is 0.102. The predicted octanol–water partition coefficient (Wildman–Crippen LogP) is 2.95. The first-order valence-corrected chi connectivity index (χ1v) is 11.2. The Morgan fingerprint density at radius 2 is 1.78 bits per heavy atom. The largest absolute Gasteiger partial charge is 0.436 e. The third-order valence-electron chi connectivity index (χ3n) is 5.62. The number of carbonyl (C=O) groups is 1. The van der Waals surface area contributed by atoms with Crippen molar-refractivity contribution in [3.63, 3.8) is 0 Å². The first-order valence-electron chi connectivity index (χ1n) is 11.2. The average Bonchev–Trinajstić information content (AvgIpc) is 3.28. The number of amides is 1. The molecule has 0 radical (unpaired) electrons. The predicted molar refractivity (Wildman–Crippen MR) is 132 cm³/mol. The van der Waals surface area contributed by atoms with Crippen LogP contribution >= 0.6 is 0 Å². The minimum atomic E-state index is -0.818. The molecule has 0 fully saturated rings. The van der Waals surface area contributed by atoms with E-state index in [1.165, 1.54) is 22.9 Å². The number of aryl methyl sites for hydroxylation is 2. The van der Waals surface area contributed by atoms with Gasteiger partial charge in [-0.2, -0.15) is 0 Å². The summed E-state index contributed by atoms with van der Waals surface area (Å²) in [6.45, 7) is 3.73. The lowest BCUT2D eigenvalue weighted by Gasteiger charge is -2.12. The van der Waals surface area contributed by atoms with Crippen molar-refractivity contribution in [2.75, 3.05) is 5.32 Å². The number of nitrogens with one attached hydrogen (secondary N) is 1. The van der Waals surface area contributed by atoms with Gasteiger partial charge < -0.3 is 10.1 Å². The fraction of sp³-hybridized carbons (Fsp3) is 0.120. The van der Waals surface area contributed by atoms with Crippen molar-refractivity contribution in [1.82, 2.24) is 28.7 Å². The summed E-state index contributed by atoms with van der Waals surface area (Å²) in [5.41, 5.74) is -0.694. The molecule has 0 spiro atoms. The fourth-order valence-corrected chi connectivity index (χ4v) is 3.71. The molecule has 0 unspecified atom stereocenters. The van der Waals surface area contributed by atoms with E-state index < -0.39 is 23.0 Å². The van der Waals surface area contributed by atoms with Gasteiger partial charge in [0.2, 0.25) is 5.65 Å². The second kappa shape index (κ2) is 9.49. The monoisotopic (exact) mass is 501 g/mol. The van der Waals surface area contributed by atoms with E-state index in [0.717, 1.165) is 16.7 Å². The molecule has 5 rings (SSSR count). The highest BCUT2D eigenvalue weighted by Gasteiger charge is 2.19. The van der Waals surface area contributed by atoms with Crippen LogP contribution in [0.25, 0.3) is 11.3 Å². The Morgan fingerprint density at radius 3 is 2.49 bits per heavy atom. The Balaban J connectivity index is 1.40. The highest BCUT2D eigenvalue weighted by atomic mass is 19.1. The van der Waals surface area contributed by atoms with Crippen LogP contribution in [0, 0.1) is 12.7 Å². The molecule has 12 heteroatoms. The van der Waals surface area contributed by atoms with Crippen LogP contribution in [0.3, 0.4) is 0 Å². The molecule has 0 aliphatic rings. The Hall–Kier alpha value is -5.13. The number of hydrogen-bond donors (Lipinski definition) is 1. The van der Waals surface area contributed by atoms with Gasteiger partial charge in [-0.1, -0.05) is 0 Å². The fourth-order valence-electron chi connectivity index (χ4n) is 3.71. The van der Waals surface area contributed by atoms with Gasteiger partial charge in [-0.15, -0.1) is 10.2 Å². The van der Waals surface area contributed by atoms with Crippen LogP contribution in [0.4, 0.5) is 10.1 Å². The molecule has 2 aromatic carbocycles. The van der Waals surface area contributed by atoms with Crippen molar-refractivity contribution in [1.29, 1.82) is 0 Å². The van der Waals surface area contributed by atoms with Gasteiger partial charge in [0.25, 0.3) is 17.3 Å². The summed E-state index contributed by atoms with van der Waals surface area (Å²) in [6.07, 6.45) is 4.51. The van der Waals surface area contributed by atoms with Crippen molar-refractivity contribution >= 4 is 17.2 Å². The zero-order valence-electron chi connectivity index (χ0n) is 19.8. The van der Waals surface area contributed by atoms with Gasteiger partial charge in [0.05, 0.1) is 5.69 Å². The number of halogens is 1. The van der Waals surface area contributed by atoms with Crippen molar-refractivity contribution < 1.29 is 13.9 Å². The number of ether oxygens (including phenoxy) is 1. The van der Waals surface area contributed by atoms with Crippen LogP contribution < -0.4 is 21.3 Å². The van der Waals surface area contributed by atoms with E-state index in [0.29, 0.717) is 22.9 Å². The van der Waals surface area contributed by atoms with Gasteiger partial charge in [0.1, 0.15) is 23.0 Å². The summed E-state index contributed by atoms with van der Waals surface area (Å²) >= 11 is 0. The molecule has 37 heavy (non-hydrogen) atoms. The van der Waals surface area contributed by atoms with Crippen molar-refractivity contribution in [3.05, 3.63) is 105 Å². The van der Waals surface area contributed by atoms with Crippen molar-refractivity contribution in [2.45, 2.75) is 20.4 Å². The normalized spacial score (nSPS) is 11.0. The molecular weight excluding hydrogens is 481 g/mol. The quantitative estimate of drug-likeness (QED) is 0.379. The highest BCUT2D eigenvalue weighted by Crippen LogP contribution is 2.24. The molecule has 1 N–H and O–H groups in total. The summed E-state index contributed by atoms with van der Waals surface area (Å²) in [6, 6.07) is 11.3. The molecule has 5 aromatic rings. The Bertz CT molecular complexity index is 1740. The zero-order valence-corrected chi connectivity index (χ0v) is 19.8. The average molecular weight is 501 g/mol. The van der Waals surface area contributed by atoms with Gasteiger partial charge in [-0.05, 0) is 62.4 Å². The van der Waals surface area contributed by atoms with Crippen LogP contribution in [-0.4, -0.2) is 34.6 Å². The lowest BCUT2D eigenvalue weighted by Crippen LogP contribution is -2.42. The highest BCUT2D eigenvalue weighted by molar-refractivity contribution is 6.03. The second-order valence-corrected chi connectivity index (χ2v) is 7.98.